The van der Waals surface area contributed by atoms with Crippen LogP contribution in [0.5, 0.6) is 0 Å². The third kappa shape index (κ3) is 3.66. The maximum absolute atomic E-state index is 13.9. The SMILES string of the molecule is O=S(=O)(c1ccccc1F)N1CCN(Cc2nnnn2-c2ccccc2)CC1. The molecule has 10 heteroatoms. The van der Waals surface area contributed by atoms with Crippen molar-refractivity contribution in [3.8, 4) is 5.69 Å². The van der Waals surface area contributed by atoms with Gasteiger partial charge in [0.05, 0.1) is 12.2 Å². The van der Waals surface area contributed by atoms with Gasteiger partial charge >= 0.3 is 0 Å². The second-order valence-electron chi connectivity index (χ2n) is 6.45. The van der Waals surface area contributed by atoms with Crippen LogP contribution in [0.3, 0.4) is 0 Å². The molecule has 1 saturated heterocycles. The Morgan fingerprint density at radius 2 is 1.61 bits per heavy atom. The van der Waals surface area contributed by atoms with Crippen LogP contribution in [0.1, 0.15) is 5.82 Å². The standard InChI is InChI=1S/C18H19FN6O2S/c19-16-8-4-5-9-17(16)28(26,27)24-12-10-23(11-13-24)14-18-20-21-22-25(18)15-6-2-1-3-7-15/h1-9H,10-14H2. The lowest BCUT2D eigenvalue weighted by atomic mass is 10.3. The summed E-state index contributed by atoms with van der Waals surface area (Å²) in [4.78, 5) is 1.80. The predicted molar refractivity (Wildman–Crippen MR) is 99.6 cm³/mol. The highest BCUT2D eigenvalue weighted by Gasteiger charge is 2.30. The minimum absolute atomic E-state index is 0.281. The molecule has 1 aliphatic heterocycles. The minimum Gasteiger partial charge on any atom is -0.293 e. The van der Waals surface area contributed by atoms with Crippen molar-refractivity contribution in [1.29, 1.82) is 0 Å². The molecule has 3 aromatic rings. The van der Waals surface area contributed by atoms with Gasteiger partial charge in [0.25, 0.3) is 0 Å². The zero-order chi connectivity index (χ0) is 19.6. The molecule has 2 heterocycles. The van der Waals surface area contributed by atoms with Gasteiger partial charge in [-0.15, -0.1) is 5.10 Å². The summed E-state index contributed by atoms with van der Waals surface area (Å²) >= 11 is 0. The molecule has 1 aromatic heterocycles. The van der Waals surface area contributed by atoms with E-state index in [-0.39, 0.29) is 18.0 Å². The number of rotatable bonds is 5. The number of hydrogen-bond donors (Lipinski definition) is 0. The Hall–Kier alpha value is -2.69. The topological polar surface area (TPSA) is 84.2 Å². The molecule has 28 heavy (non-hydrogen) atoms. The Balaban J connectivity index is 1.43. The molecule has 0 bridgehead atoms. The van der Waals surface area contributed by atoms with E-state index in [1.807, 2.05) is 30.3 Å². The first-order chi connectivity index (χ1) is 13.6. The first-order valence-electron chi connectivity index (χ1n) is 8.85. The Morgan fingerprint density at radius 3 is 2.32 bits per heavy atom. The molecule has 1 fully saturated rings. The summed E-state index contributed by atoms with van der Waals surface area (Å²) in [6, 6.07) is 15.0. The minimum atomic E-state index is -3.84. The van der Waals surface area contributed by atoms with Gasteiger partial charge in [-0.1, -0.05) is 30.3 Å². The van der Waals surface area contributed by atoms with E-state index < -0.39 is 15.8 Å². The lowest BCUT2D eigenvalue weighted by Gasteiger charge is -2.33. The Labute approximate surface area is 162 Å². The van der Waals surface area contributed by atoms with Gasteiger partial charge in [-0.3, -0.25) is 4.90 Å². The van der Waals surface area contributed by atoms with Crippen LogP contribution < -0.4 is 0 Å². The zero-order valence-electron chi connectivity index (χ0n) is 15.0. The lowest BCUT2D eigenvalue weighted by molar-refractivity contribution is 0.176. The molecule has 0 radical (unpaired) electrons. The number of halogens is 1. The molecule has 8 nitrogen and oxygen atoms in total. The van der Waals surface area contributed by atoms with Gasteiger partial charge in [0.2, 0.25) is 10.0 Å². The second-order valence-corrected chi connectivity index (χ2v) is 8.36. The average Bonchev–Trinajstić information content (AvgIpc) is 3.17. The summed E-state index contributed by atoms with van der Waals surface area (Å²) in [6.45, 7) is 2.08. The molecular weight excluding hydrogens is 383 g/mol. The largest absolute Gasteiger partial charge is 0.293 e. The van der Waals surface area contributed by atoms with Gasteiger partial charge in [0.1, 0.15) is 10.7 Å². The van der Waals surface area contributed by atoms with Crippen LogP contribution in [0.15, 0.2) is 59.5 Å². The van der Waals surface area contributed by atoms with Gasteiger partial charge < -0.3 is 0 Å². The van der Waals surface area contributed by atoms with Crippen LogP contribution in [0, 0.1) is 5.82 Å². The smallest absolute Gasteiger partial charge is 0.246 e. The quantitative estimate of drug-likeness (QED) is 0.640. The highest BCUT2D eigenvalue weighted by atomic mass is 32.2. The molecule has 0 N–H and O–H groups in total. The average molecular weight is 402 g/mol. The van der Waals surface area contributed by atoms with Crippen molar-refractivity contribution >= 4 is 10.0 Å². The molecule has 0 unspecified atom stereocenters. The van der Waals surface area contributed by atoms with E-state index in [0.29, 0.717) is 25.5 Å². The second kappa shape index (κ2) is 7.74. The fourth-order valence-electron chi connectivity index (χ4n) is 3.20. The van der Waals surface area contributed by atoms with Gasteiger partial charge in [-0.05, 0) is 34.7 Å². The highest BCUT2D eigenvalue weighted by Crippen LogP contribution is 2.21. The van der Waals surface area contributed by atoms with E-state index in [9.17, 15) is 12.8 Å². The molecular formula is C18H19FN6O2S. The van der Waals surface area contributed by atoms with E-state index in [1.54, 1.807) is 4.68 Å². The summed E-state index contributed by atoms with van der Waals surface area (Å²) in [7, 11) is -3.84. The lowest BCUT2D eigenvalue weighted by Crippen LogP contribution is -2.48. The number of hydrogen-bond acceptors (Lipinski definition) is 6. The van der Waals surface area contributed by atoms with E-state index in [4.69, 9.17) is 0 Å². The number of aromatic nitrogens is 4. The van der Waals surface area contributed by atoms with Crippen molar-refractivity contribution < 1.29 is 12.8 Å². The van der Waals surface area contributed by atoms with Crippen LogP contribution >= 0.6 is 0 Å². The third-order valence-electron chi connectivity index (χ3n) is 4.69. The fourth-order valence-corrected chi connectivity index (χ4v) is 4.68. The van der Waals surface area contributed by atoms with E-state index in [2.05, 4.69) is 20.4 Å². The number of nitrogens with zero attached hydrogens (tertiary/aromatic N) is 6. The van der Waals surface area contributed by atoms with Crippen molar-refractivity contribution in [2.45, 2.75) is 11.4 Å². The monoisotopic (exact) mass is 402 g/mol. The molecule has 0 atom stereocenters. The molecule has 1 aliphatic rings. The normalized spacial score (nSPS) is 16.3. The molecule has 0 saturated carbocycles. The first-order valence-corrected chi connectivity index (χ1v) is 10.3. The maximum atomic E-state index is 13.9. The Kier molecular flexibility index (Phi) is 5.16. The van der Waals surface area contributed by atoms with Gasteiger partial charge in [0.15, 0.2) is 5.82 Å². The van der Waals surface area contributed by atoms with Gasteiger partial charge in [-0.25, -0.2) is 12.8 Å². The highest BCUT2D eigenvalue weighted by molar-refractivity contribution is 7.89. The summed E-state index contributed by atoms with van der Waals surface area (Å²) in [6.07, 6.45) is 0. The van der Waals surface area contributed by atoms with Gasteiger partial charge in [0, 0.05) is 26.2 Å². The van der Waals surface area contributed by atoms with E-state index in [0.717, 1.165) is 11.8 Å². The molecule has 0 spiro atoms. The van der Waals surface area contributed by atoms with Crippen LogP contribution in [0.4, 0.5) is 4.39 Å². The van der Waals surface area contributed by atoms with Crippen LogP contribution in [0.2, 0.25) is 0 Å². The number of benzene rings is 2. The van der Waals surface area contributed by atoms with Crippen LogP contribution in [-0.4, -0.2) is 64.0 Å². The number of tetrazole rings is 1. The number of sulfonamides is 1. The van der Waals surface area contributed by atoms with Gasteiger partial charge in [-0.2, -0.15) is 8.99 Å². The Morgan fingerprint density at radius 1 is 0.929 bits per heavy atom. The summed E-state index contributed by atoms with van der Waals surface area (Å²) < 4.78 is 42.3. The number of piperazine rings is 1. The van der Waals surface area contributed by atoms with Crippen LogP contribution in [-0.2, 0) is 16.6 Å². The van der Waals surface area contributed by atoms with Crippen molar-refractivity contribution in [3.05, 3.63) is 66.2 Å². The first kappa shape index (κ1) is 18.7. The van der Waals surface area contributed by atoms with Crippen molar-refractivity contribution in [2.24, 2.45) is 0 Å². The predicted octanol–water partition coefficient (Wildman–Crippen LogP) is 1.31. The summed E-state index contributed by atoms with van der Waals surface area (Å²) in [5.74, 6) is -0.0522. The van der Waals surface area contributed by atoms with Crippen molar-refractivity contribution in [3.63, 3.8) is 0 Å². The van der Waals surface area contributed by atoms with Crippen LogP contribution in [0.25, 0.3) is 5.69 Å². The molecule has 146 valence electrons. The fraction of sp³-hybridized carbons (Fsp3) is 0.278. The van der Waals surface area contributed by atoms with Crippen molar-refractivity contribution in [2.75, 3.05) is 26.2 Å². The molecule has 2 aromatic carbocycles. The van der Waals surface area contributed by atoms with E-state index >= 15 is 0 Å². The number of para-hydroxylation sites is 1. The third-order valence-corrected chi connectivity index (χ3v) is 6.62. The summed E-state index contributed by atoms with van der Waals surface area (Å²) in [5, 5.41) is 11.9. The summed E-state index contributed by atoms with van der Waals surface area (Å²) in [5.41, 5.74) is 0.864. The Bertz CT molecular complexity index is 1050. The van der Waals surface area contributed by atoms with E-state index in [1.165, 1.54) is 22.5 Å². The molecule has 0 amide bonds. The molecule has 4 rings (SSSR count). The maximum Gasteiger partial charge on any atom is 0.246 e. The van der Waals surface area contributed by atoms with Crippen molar-refractivity contribution in [1.82, 2.24) is 29.4 Å². The molecule has 0 aliphatic carbocycles. The zero-order valence-corrected chi connectivity index (χ0v) is 15.8.